The molecule has 156 valence electrons. The fourth-order valence-electron chi connectivity index (χ4n) is 3.47. The molecule has 1 aliphatic rings. The Morgan fingerprint density at radius 3 is 2.04 bits per heavy atom. The molecule has 9 heteroatoms. The van der Waals surface area contributed by atoms with Gasteiger partial charge in [-0.15, -0.1) is 0 Å². The van der Waals surface area contributed by atoms with E-state index in [9.17, 15) is 18.0 Å². The summed E-state index contributed by atoms with van der Waals surface area (Å²) in [4.78, 5) is 28.0. The number of rotatable bonds is 5. The van der Waals surface area contributed by atoms with Gasteiger partial charge in [-0.3, -0.25) is 9.10 Å². The van der Waals surface area contributed by atoms with Crippen LogP contribution in [0.25, 0.3) is 0 Å². The summed E-state index contributed by atoms with van der Waals surface area (Å²) in [6.45, 7) is 8.81. The summed E-state index contributed by atoms with van der Waals surface area (Å²) in [5, 5.41) is 0. The van der Waals surface area contributed by atoms with E-state index in [0.29, 0.717) is 38.5 Å². The fraction of sp³-hybridized carbons (Fsp3) is 0.579. The highest BCUT2D eigenvalue weighted by Gasteiger charge is 2.34. The van der Waals surface area contributed by atoms with Crippen LogP contribution in [0.5, 0.6) is 0 Å². The Bertz CT molecular complexity index is 812. The Morgan fingerprint density at radius 1 is 1.07 bits per heavy atom. The lowest BCUT2D eigenvalue weighted by Gasteiger charge is -2.37. The van der Waals surface area contributed by atoms with E-state index in [1.807, 2.05) is 19.9 Å². The van der Waals surface area contributed by atoms with Crippen molar-refractivity contribution in [1.29, 1.82) is 0 Å². The van der Waals surface area contributed by atoms with E-state index >= 15 is 0 Å². The molecule has 28 heavy (non-hydrogen) atoms. The lowest BCUT2D eigenvalue weighted by Crippen LogP contribution is -2.56. The second-order valence-corrected chi connectivity index (χ2v) is 8.95. The highest BCUT2D eigenvalue weighted by Crippen LogP contribution is 2.25. The number of amides is 2. The van der Waals surface area contributed by atoms with Crippen molar-refractivity contribution in [2.45, 2.75) is 33.7 Å². The van der Waals surface area contributed by atoms with Crippen molar-refractivity contribution in [2.75, 3.05) is 43.3 Å². The fourth-order valence-corrected chi connectivity index (χ4v) is 4.62. The highest BCUT2D eigenvalue weighted by molar-refractivity contribution is 7.92. The predicted molar refractivity (Wildman–Crippen MR) is 108 cm³/mol. The van der Waals surface area contributed by atoms with Crippen LogP contribution in [0.15, 0.2) is 18.2 Å². The van der Waals surface area contributed by atoms with Gasteiger partial charge in [0.2, 0.25) is 15.9 Å². The minimum Gasteiger partial charge on any atom is -0.450 e. The third-order valence-electron chi connectivity index (χ3n) is 4.64. The molecule has 0 bridgehead atoms. The Morgan fingerprint density at radius 2 is 1.57 bits per heavy atom. The van der Waals surface area contributed by atoms with Crippen LogP contribution in [0.4, 0.5) is 10.5 Å². The number of nitrogens with zero attached hydrogens (tertiary/aromatic N) is 3. The quantitative estimate of drug-likeness (QED) is 0.737. The zero-order valence-electron chi connectivity index (χ0n) is 17.1. The normalized spacial score (nSPS) is 15.9. The average molecular weight is 412 g/mol. The van der Waals surface area contributed by atoms with Crippen molar-refractivity contribution in [1.82, 2.24) is 9.80 Å². The molecule has 1 atom stereocenters. The molecule has 0 aliphatic carbocycles. The summed E-state index contributed by atoms with van der Waals surface area (Å²) in [5.41, 5.74) is 2.32. The van der Waals surface area contributed by atoms with Crippen LogP contribution in [0.2, 0.25) is 0 Å². The van der Waals surface area contributed by atoms with Crippen LogP contribution in [0, 0.1) is 13.8 Å². The van der Waals surface area contributed by atoms with E-state index in [-0.39, 0.29) is 5.91 Å². The molecule has 0 unspecified atom stereocenters. The lowest BCUT2D eigenvalue weighted by atomic mass is 10.1. The monoisotopic (exact) mass is 411 g/mol. The van der Waals surface area contributed by atoms with E-state index in [4.69, 9.17) is 4.74 Å². The molecule has 0 radical (unpaired) electrons. The van der Waals surface area contributed by atoms with Gasteiger partial charge in [-0.05, 0) is 51.0 Å². The molecule has 1 aromatic carbocycles. The number of hydrogen-bond donors (Lipinski definition) is 0. The first-order chi connectivity index (χ1) is 13.0. The number of ether oxygens (including phenoxy) is 1. The summed E-state index contributed by atoms with van der Waals surface area (Å²) < 4.78 is 31.1. The molecule has 1 aliphatic heterocycles. The van der Waals surface area contributed by atoms with E-state index in [0.717, 1.165) is 17.4 Å². The van der Waals surface area contributed by atoms with E-state index in [2.05, 4.69) is 0 Å². The second-order valence-electron chi connectivity index (χ2n) is 7.09. The molecule has 0 aromatic heterocycles. The van der Waals surface area contributed by atoms with Crippen LogP contribution >= 0.6 is 0 Å². The highest BCUT2D eigenvalue weighted by atomic mass is 32.2. The predicted octanol–water partition coefficient (Wildman–Crippen LogP) is 1.76. The summed E-state index contributed by atoms with van der Waals surface area (Å²) in [6.07, 6.45) is 0.711. The van der Waals surface area contributed by atoms with Crippen LogP contribution in [-0.4, -0.2) is 75.3 Å². The van der Waals surface area contributed by atoms with Crippen LogP contribution in [-0.2, 0) is 19.6 Å². The topological polar surface area (TPSA) is 87.2 Å². The number of carbonyl (C=O) groups excluding carboxylic acids is 2. The smallest absolute Gasteiger partial charge is 0.409 e. The first-order valence-corrected chi connectivity index (χ1v) is 11.2. The molecular formula is C19H29N3O5S. The van der Waals surface area contributed by atoms with Gasteiger partial charge < -0.3 is 14.5 Å². The number of piperazine rings is 1. The standard InChI is InChI=1S/C19H29N3O5S/c1-6-27-19(24)21-9-7-20(8-10-21)18(23)16(4)22(28(5,25)26)17-12-14(2)11-15(3)13-17/h11-13,16H,6-10H2,1-5H3/t16-/m1/s1. The number of carbonyl (C=O) groups is 2. The third kappa shape index (κ3) is 5.15. The third-order valence-corrected chi connectivity index (χ3v) is 5.89. The Balaban J connectivity index is 2.18. The minimum atomic E-state index is -3.66. The maximum Gasteiger partial charge on any atom is 0.409 e. The molecule has 2 amide bonds. The number of sulfonamides is 1. The molecule has 1 aromatic rings. The molecule has 2 rings (SSSR count). The van der Waals surface area contributed by atoms with Gasteiger partial charge in [-0.1, -0.05) is 6.07 Å². The van der Waals surface area contributed by atoms with Crippen molar-refractivity contribution < 1.29 is 22.7 Å². The van der Waals surface area contributed by atoms with E-state index in [1.165, 1.54) is 4.31 Å². The summed E-state index contributed by atoms with van der Waals surface area (Å²) in [5.74, 6) is -0.284. The Labute approximate surface area is 167 Å². The van der Waals surface area contributed by atoms with Crippen molar-refractivity contribution in [3.63, 3.8) is 0 Å². The van der Waals surface area contributed by atoms with Gasteiger partial charge in [0.05, 0.1) is 18.6 Å². The maximum absolute atomic E-state index is 13.0. The number of benzene rings is 1. The van der Waals surface area contributed by atoms with Crippen molar-refractivity contribution >= 4 is 27.7 Å². The van der Waals surface area contributed by atoms with Gasteiger partial charge in [0.15, 0.2) is 0 Å². The zero-order chi connectivity index (χ0) is 21.1. The van der Waals surface area contributed by atoms with Gasteiger partial charge in [0, 0.05) is 26.2 Å². The SMILES string of the molecule is CCOC(=O)N1CCN(C(=O)[C@@H](C)N(c2cc(C)cc(C)c2)S(C)(=O)=O)CC1. The molecular weight excluding hydrogens is 382 g/mol. The van der Waals surface area contributed by atoms with Gasteiger partial charge in [-0.25, -0.2) is 13.2 Å². The maximum atomic E-state index is 13.0. The summed E-state index contributed by atoms with van der Waals surface area (Å²) >= 11 is 0. The first-order valence-electron chi connectivity index (χ1n) is 9.32. The van der Waals surface area contributed by atoms with Crippen LogP contribution in [0.3, 0.4) is 0 Å². The Kier molecular flexibility index (Phi) is 6.92. The number of anilines is 1. The number of hydrogen-bond acceptors (Lipinski definition) is 5. The molecule has 1 saturated heterocycles. The second kappa shape index (κ2) is 8.81. The molecule has 0 spiro atoms. The van der Waals surface area contributed by atoms with Crippen LogP contribution < -0.4 is 4.31 Å². The number of aryl methyl sites for hydroxylation is 2. The van der Waals surface area contributed by atoms with E-state index < -0.39 is 22.2 Å². The van der Waals surface area contributed by atoms with Gasteiger partial charge >= 0.3 is 6.09 Å². The minimum absolute atomic E-state index is 0.284. The molecule has 0 N–H and O–H groups in total. The van der Waals surface area contributed by atoms with Crippen LogP contribution in [0.1, 0.15) is 25.0 Å². The molecule has 1 fully saturated rings. The summed E-state index contributed by atoms with van der Waals surface area (Å²) in [7, 11) is -3.66. The summed E-state index contributed by atoms with van der Waals surface area (Å²) in [6, 6.07) is 4.59. The Hall–Kier alpha value is -2.29. The van der Waals surface area contributed by atoms with Gasteiger partial charge in [0.1, 0.15) is 6.04 Å². The van der Waals surface area contributed by atoms with Crippen molar-refractivity contribution in [3.8, 4) is 0 Å². The zero-order valence-corrected chi connectivity index (χ0v) is 18.0. The lowest BCUT2D eigenvalue weighted by molar-refractivity contribution is -0.133. The van der Waals surface area contributed by atoms with Gasteiger partial charge in [-0.2, -0.15) is 0 Å². The molecule has 1 heterocycles. The van der Waals surface area contributed by atoms with Crippen molar-refractivity contribution in [2.24, 2.45) is 0 Å². The first kappa shape index (κ1) is 22.0. The van der Waals surface area contributed by atoms with Gasteiger partial charge in [0.25, 0.3) is 0 Å². The largest absolute Gasteiger partial charge is 0.450 e. The van der Waals surface area contributed by atoms with Crippen molar-refractivity contribution in [3.05, 3.63) is 29.3 Å². The average Bonchev–Trinajstić information content (AvgIpc) is 2.59. The molecule has 0 saturated carbocycles. The van der Waals surface area contributed by atoms with E-state index in [1.54, 1.807) is 35.8 Å². The molecule has 8 nitrogen and oxygen atoms in total.